The van der Waals surface area contributed by atoms with Gasteiger partial charge in [0.05, 0.1) is 12.7 Å². The number of hydrogen-bond acceptors (Lipinski definition) is 3. The Bertz CT molecular complexity index is 478. The topological polar surface area (TPSA) is 45.9 Å². The van der Waals surface area contributed by atoms with Crippen LogP contribution in [0.3, 0.4) is 0 Å². The van der Waals surface area contributed by atoms with Crippen molar-refractivity contribution in [2.75, 3.05) is 0 Å². The first-order valence-electron chi connectivity index (χ1n) is 7.56. The molecule has 3 heteroatoms. The Morgan fingerprint density at radius 2 is 2.25 bits per heavy atom. The predicted octanol–water partition coefficient (Wildman–Crippen LogP) is 3.93. The summed E-state index contributed by atoms with van der Waals surface area (Å²) < 4.78 is 6.18. The maximum atomic E-state index is 8.88. The average Bonchev–Trinajstić information content (AvgIpc) is 2.45. The number of aromatic nitrogens is 1. The highest BCUT2D eigenvalue weighted by molar-refractivity contribution is 5.24. The van der Waals surface area contributed by atoms with Crippen LogP contribution in [0.1, 0.15) is 51.3 Å². The smallest absolute Gasteiger partial charge is 0.140 e. The van der Waals surface area contributed by atoms with E-state index in [0.29, 0.717) is 30.2 Å². The largest absolute Gasteiger partial charge is 0.373 e. The van der Waals surface area contributed by atoms with Crippen molar-refractivity contribution in [1.82, 2.24) is 4.98 Å². The molecule has 0 aromatic carbocycles. The van der Waals surface area contributed by atoms with Crippen LogP contribution >= 0.6 is 0 Å². The molecule has 0 saturated heterocycles. The minimum absolute atomic E-state index is 0.345. The second-order valence-electron chi connectivity index (χ2n) is 6.34. The van der Waals surface area contributed by atoms with Crippen LogP contribution in [0.5, 0.6) is 0 Å². The number of nitriles is 1. The van der Waals surface area contributed by atoms with Gasteiger partial charge < -0.3 is 4.74 Å². The highest BCUT2D eigenvalue weighted by Gasteiger charge is 2.31. The molecule has 1 saturated carbocycles. The summed E-state index contributed by atoms with van der Waals surface area (Å²) in [5.41, 5.74) is 1.50. The molecule has 20 heavy (non-hydrogen) atoms. The summed E-state index contributed by atoms with van der Waals surface area (Å²) in [5, 5.41) is 8.88. The molecule has 3 nitrogen and oxygen atoms in total. The van der Waals surface area contributed by atoms with Crippen LogP contribution < -0.4 is 0 Å². The Labute approximate surface area is 122 Å². The molecule has 1 heterocycles. The third-order valence-electron chi connectivity index (χ3n) is 4.36. The van der Waals surface area contributed by atoms with Crippen molar-refractivity contribution in [2.24, 2.45) is 17.8 Å². The number of pyridine rings is 1. The summed E-state index contributed by atoms with van der Waals surface area (Å²) in [4.78, 5) is 3.99. The van der Waals surface area contributed by atoms with Crippen LogP contribution in [0, 0.1) is 29.1 Å². The molecule has 3 unspecified atom stereocenters. The lowest BCUT2D eigenvalue weighted by Gasteiger charge is -2.37. The fourth-order valence-electron chi connectivity index (χ4n) is 3.13. The molecule has 1 aromatic rings. The molecule has 2 rings (SSSR count). The fourth-order valence-corrected chi connectivity index (χ4v) is 3.13. The lowest BCUT2D eigenvalue weighted by molar-refractivity contribution is -0.0472. The number of ether oxygens (including phenoxy) is 1. The summed E-state index contributed by atoms with van der Waals surface area (Å²) in [5.74, 6) is 2.07. The molecule has 1 aromatic heterocycles. The molecule has 0 spiro atoms. The van der Waals surface area contributed by atoms with E-state index < -0.39 is 0 Å². The number of hydrogen-bond donors (Lipinski definition) is 0. The summed E-state index contributed by atoms with van der Waals surface area (Å²) in [6.07, 6.45) is 5.76. The van der Waals surface area contributed by atoms with Gasteiger partial charge in [0.2, 0.25) is 0 Å². The van der Waals surface area contributed by atoms with Crippen LogP contribution in [-0.2, 0) is 11.3 Å². The van der Waals surface area contributed by atoms with Crippen LogP contribution in [0.25, 0.3) is 0 Å². The second-order valence-corrected chi connectivity index (χ2v) is 6.34. The van der Waals surface area contributed by atoms with E-state index >= 15 is 0 Å². The monoisotopic (exact) mass is 272 g/mol. The summed E-state index contributed by atoms with van der Waals surface area (Å²) in [7, 11) is 0. The Hall–Kier alpha value is -1.40. The lowest BCUT2D eigenvalue weighted by atomic mass is 9.75. The van der Waals surface area contributed by atoms with Gasteiger partial charge in [0.25, 0.3) is 0 Å². The predicted molar refractivity (Wildman–Crippen MR) is 78.9 cm³/mol. The van der Waals surface area contributed by atoms with Crippen LogP contribution in [-0.4, -0.2) is 11.1 Å². The van der Waals surface area contributed by atoms with Crippen molar-refractivity contribution in [3.8, 4) is 6.07 Å². The Kier molecular flexibility index (Phi) is 5.14. The Morgan fingerprint density at radius 1 is 1.45 bits per heavy atom. The first kappa shape index (κ1) is 15.0. The molecule has 0 bridgehead atoms. The van der Waals surface area contributed by atoms with Gasteiger partial charge in [-0.05, 0) is 48.3 Å². The van der Waals surface area contributed by atoms with E-state index in [9.17, 15) is 0 Å². The molecule has 1 fully saturated rings. The quantitative estimate of drug-likeness (QED) is 0.834. The summed E-state index contributed by atoms with van der Waals surface area (Å²) in [6.45, 7) is 7.47. The third-order valence-corrected chi connectivity index (χ3v) is 4.36. The van der Waals surface area contributed by atoms with Crippen molar-refractivity contribution in [2.45, 2.75) is 52.7 Å². The number of rotatable bonds is 4. The van der Waals surface area contributed by atoms with Crippen LogP contribution in [0.15, 0.2) is 18.3 Å². The maximum Gasteiger partial charge on any atom is 0.140 e. The molecule has 0 radical (unpaired) electrons. The molecule has 0 amide bonds. The highest BCUT2D eigenvalue weighted by atomic mass is 16.5. The highest BCUT2D eigenvalue weighted by Crippen LogP contribution is 2.35. The SMILES string of the molecule is CC1CCC(C(C)C)C(OCc2ccnc(C#N)c2)C1. The normalized spacial score (nSPS) is 26.4. The first-order chi connectivity index (χ1) is 9.60. The van der Waals surface area contributed by atoms with Gasteiger partial charge >= 0.3 is 0 Å². The molecule has 0 N–H and O–H groups in total. The van der Waals surface area contributed by atoms with E-state index in [-0.39, 0.29) is 0 Å². The number of nitrogens with zero attached hydrogens (tertiary/aromatic N) is 2. The molecule has 1 aliphatic carbocycles. The van der Waals surface area contributed by atoms with Crippen LogP contribution in [0.4, 0.5) is 0 Å². The van der Waals surface area contributed by atoms with E-state index in [2.05, 4.69) is 31.8 Å². The van der Waals surface area contributed by atoms with Gasteiger partial charge in [-0.1, -0.05) is 27.2 Å². The maximum absolute atomic E-state index is 8.88. The summed E-state index contributed by atoms with van der Waals surface area (Å²) in [6, 6.07) is 5.82. The second kappa shape index (κ2) is 6.85. The standard InChI is InChI=1S/C17H24N2O/c1-12(2)16-5-4-13(3)8-17(16)20-11-14-6-7-19-15(9-14)10-18/h6-7,9,12-13,16-17H,4-5,8,11H2,1-3H3. The van der Waals surface area contributed by atoms with Gasteiger partial charge in [0.15, 0.2) is 0 Å². The van der Waals surface area contributed by atoms with Gasteiger partial charge in [-0.25, -0.2) is 4.98 Å². The first-order valence-corrected chi connectivity index (χ1v) is 7.56. The molecule has 108 valence electrons. The van der Waals surface area contributed by atoms with Gasteiger partial charge in [-0.15, -0.1) is 0 Å². The van der Waals surface area contributed by atoms with E-state index in [1.807, 2.05) is 12.1 Å². The molecule has 3 atom stereocenters. The van der Waals surface area contributed by atoms with E-state index in [0.717, 1.165) is 17.9 Å². The zero-order valence-corrected chi connectivity index (χ0v) is 12.7. The van der Waals surface area contributed by atoms with E-state index in [1.165, 1.54) is 12.8 Å². The molecule has 0 aliphatic heterocycles. The van der Waals surface area contributed by atoms with E-state index in [4.69, 9.17) is 10.00 Å². The van der Waals surface area contributed by atoms with Gasteiger partial charge in [-0.3, -0.25) is 0 Å². The third kappa shape index (κ3) is 3.80. The van der Waals surface area contributed by atoms with Crippen LogP contribution in [0.2, 0.25) is 0 Å². The average molecular weight is 272 g/mol. The molecule has 1 aliphatic rings. The zero-order chi connectivity index (χ0) is 14.5. The van der Waals surface area contributed by atoms with E-state index in [1.54, 1.807) is 6.20 Å². The van der Waals surface area contributed by atoms with Crippen molar-refractivity contribution in [3.63, 3.8) is 0 Å². The minimum atomic E-state index is 0.345. The molecular weight excluding hydrogens is 248 g/mol. The fraction of sp³-hybridized carbons (Fsp3) is 0.647. The molecular formula is C17H24N2O. The minimum Gasteiger partial charge on any atom is -0.373 e. The summed E-state index contributed by atoms with van der Waals surface area (Å²) >= 11 is 0. The van der Waals surface area contributed by atoms with Gasteiger partial charge in [0.1, 0.15) is 11.8 Å². The Balaban J connectivity index is 1.98. The Morgan fingerprint density at radius 3 is 2.95 bits per heavy atom. The lowest BCUT2D eigenvalue weighted by Crippen LogP contribution is -2.34. The van der Waals surface area contributed by atoms with Crippen molar-refractivity contribution < 1.29 is 4.74 Å². The van der Waals surface area contributed by atoms with Gasteiger partial charge in [-0.2, -0.15) is 5.26 Å². The van der Waals surface area contributed by atoms with Gasteiger partial charge in [0, 0.05) is 6.20 Å². The van der Waals surface area contributed by atoms with Crippen molar-refractivity contribution in [1.29, 1.82) is 5.26 Å². The van der Waals surface area contributed by atoms with Crippen molar-refractivity contribution >= 4 is 0 Å². The zero-order valence-electron chi connectivity index (χ0n) is 12.7. The van der Waals surface area contributed by atoms with Crippen molar-refractivity contribution in [3.05, 3.63) is 29.6 Å².